The van der Waals surface area contributed by atoms with Crippen molar-refractivity contribution in [3.8, 4) is 17.0 Å². The Bertz CT molecular complexity index is 1300. The molecule has 6 rings (SSSR count). The Balaban J connectivity index is 1.20. The number of piperidine rings is 1. The third-order valence-corrected chi connectivity index (χ3v) is 7.06. The van der Waals surface area contributed by atoms with Gasteiger partial charge in [0.25, 0.3) is 5.92 Å². The average molecular weight is 480 g/mol. The van der Waals surface area contributed by atoms with Crippen LogP contribution in [0.25, 0.3) is 16.6 Å². The number of rotatable bonds is 5. The first-order valence-corrected chi connectivity index (χ1v) is 11.9. The Labute approximate surface area is 201 Å². The highest BCUT2D eigenvalue weighted by Gasteiger charge is 2.48. The molecule has 0 radical (unpaired) electrons. The number of methoxy groups -OCH3 is 1. The van der Waals surface area contributed by atoms with Gasteiger partial charge in [0.2, 0.25) is 11.8 Å². The Kier molecular flexibility index (Phi) is 5.40. The molecule has 3 aliphatic rings. The summed E-state index contributed by atoms with van der Waals surface area (Å²) in [5.74, 6) is -1.50. The summed E-state index contributed by atoms with van der Waals surface area (Å²) in [7, 11) is 1.61. The van der Waals surface area contributed by atoms with Crippen LogP contribution in [0, 0.1) is 0 Å². The third kappa shape index (κ3) is 4.22. The second-order valence-corrected chi connectivity index (χ2v) is 9.35. The van der Waals surface area contributed by atoms with Gasteiger partial charge < -0.3 is 15.4 Å². The van der Waals surface area contributed by atoms with Crippen molar-refractivity contribution in [1.82, 2.24) is 19.5 Å². The molecule has 0 bridgehead atoms. The molecule has 182 valence electrons. The van der Waals surface area contributed by atoms with Crippen molar-refractivity contribution in [3.05, 3.63) is 42.7 Å². The minimum absolute atomic E-state index is 0.0117. The number of nitrogens with one attached hydrogen (secondary N) is 2. The maximum Gasteiger partial charge on any atom is 0.251 e. The number of anilines is 2. The molecule has 2 aromatic heterocycles. The molecule has 0 spiro atoms. The van der Waals surface area contributed by atoms with Gasteiger partial charge in [0.1, 0.15) is 5.52 Å². The van der Waals surface area contributed by atoms with Gasteiger partial charge in [-0.25, -0.2) is 13.3 Å². The fraction of sp³-hybridized carbons (Fsp3) is 0.400. The number of hydrogen-bond acceptors (Lipinski definition) is 7. The predicted molar refractivity (Wildman–Crippen MR) is 132 cm³/mol. The van der Waals surface area contributed by atoms with Crippen LogP contribution in [0.1, 0.15) is 25.7 Å². The Morgan fingerprint density at radius 1 is 1.17 bits per heavy atom. The number of halogens is 2. The van der Waals surface area contributed by atoms with Gasteiger partial charge in [0.05, 0.1) is 18.5 Å². The van der Waals surface area contributed by atoms with Gasteiger partial charge >= 0.3 is 0 Å². The summed E-state index contributed by atoms with van der Waals surface area (Å²) >= 11 is 0. The van der Waals surface area contributed by atoms with E-state index >= 15 is 0 Å². The lowest BCUT2D eigenvalue weighted by molar-refractivity contribution is -0.127. The van der Waals surface area contributed by atoms with Crippen LogP contribution in [-0.2, 0) is 0 Å². The number of fused-ring (bicyclic) bond motifs is 2. The first-order chi connectivity index (χ1) is 17.0. The maximum atomic E-state index is 13.2. The molecular formula is C25H27F2N7O. The molecule has 0 unspecified atom stereocenters. The highest BCUT2D eigenvalue weighted by atomic mass is 19.3. The molecule has 10 heteroatoms. The monoisotopic (exact) mass is 479 g/mol. The van der Waals surface area contributed by atoms with Crippen molar-refractivity contribution in [3.63, 3.8) is 0 Å². The van der Waals surface area contributed by atoms with E-state index < -0.39 is 5.92 Å². The van der Waals surface area contributed by atoms with Crippen LogP contribution < -0.4 is 15.4 Å². The first kappa shape index (κ1) is 22.0. The largest absolute Gasteiger partial charge is 0.479 e. The Morgan fingerprint density at radius 2 is 2.00 bits per heavy atom. The van der Waals surface area contributed by atoms with E-state index in [4.69, 9.17) is 4.74 Å². The van der Waals surface area contributed by atoms with Gasteiger partial charge in [0.15, 0.2) is 0 Å². The molecule has 2 fully saturated rings. The van der Waals surface area contributed by atoms with Gasteiger partial charge in [-0.05, 0) is 42.7 Å². The van der Waals surface area contributed by atoms with Crippen molar-refractivity contribution in [2.24, 2.45) is 4.99 Å². The van der Waals surface area contributed by atoms with E-state index in [9.17, 15) is 8.78 Å². The lowest BCUT2D eigenvalue weighted by Gasteiger charge is -2.45. The SMILES string of the molecule is COc1nc(NC2CCN(C3CC(F)(F)C3)CC2)nn2ccc(-c3ccc4c(c3)NC=CC=N4)c12. The molecule has 2 aliphatic heterocycles. The summed E-state index contributed by atoms with van der Waals surface area (Å²) in [5.41, 5.74) is 4.53. The predicted octanol–water partition coefficient (Wildman–Crippen LogP) is 4.72. The quantitative estimate of drug-likeness (QED) is 0.551. The summed E-state index contributed by atoms with van der Waals surface area (Å²) in [5, 5.41) is 11.4. The normalized spacial score (nSPS) is 20.2. The zero-order chi connectivity index (χ0) is 24.0. The fourth-order valence-electron chi connectivity index (χ4n) is 5.14. The molecule has 4 heterocycles. The van der Waals surface area contributed by atoms with Crippen LogP contribution in [-0.4, -0.2) is 63.9 Å². The Morgan fingerprint density at radius 3 is 2.77 bits per heavy atom. The molecule has 0 atom stereocenters. The first-order valence-electron chi connectivity index (χ1n) is 11.9. The summed E-state index contributed by atoms with van der Waals surface area (Å²) in [6, 6.07) is 8.26. The topological polar surface area (TPSA) is 79.1 Å². The third-order valence-electron chi connectivity index (χ3n) is 7.06. The summed E-state index contributed by atoms with van der Waals surface area (Å²) in [6.07, 6.45) is 9.07. The van der Waals surface area contributed by atoms with E-state index in [0.29, 0.717) is 11.8 Å². The highest BCUT2D eigenvalue weighted by molar-refractivity contribution is 5.89. The van der Waals surface area contributed by atoms with Crippen LogP contribution in [0.15, 0.2) is 47.7 Å². The highest BCUT2D eigenvalue weighted by Crippen LogP contribution is 2.41. The van der Waals surface area contributed by atoms with E-state index in [0.717, 1.165) is 53.9 Å². The molecule has 0 amide bonds. The molecular weight excluding hydrogens is 452 g/mol. The van der Waals surface area contributed by atoms with Crippen molar-refractivity contribution >= 4 is 29.1 Å². The number of aromatic nitrogens is 3. The standard InChI is InChI=1S/C25H27F2N7O/c1-35-23-22-19(16-3-4-20-21(13-16)29-9-2-8-28-20)7-12-34(22)32-24(31-23)30-17-5-10-33(11-6-17)18-14-25(26,27)15-18/h2-4,7-9,12-13,17-18,29H,5-6,10-11,14-15H2,1H3,(H,30,32). The number of allylic oxidation sites excluding steroid dienone is 1. The van der Waals surface area contributed by atoms with Crippen molar-refractivity contribution in [2.75, 3.05) is 30.8 Å². The number of nitrogens with zero attached hydrogens (tertiary/aromatic N) is 5. The van der Waals surface area contributed by atoms with Gasteiger partial charge in [-0.1, -0.05) is 6.07 Å². The number of benzene rings is 1. The van der Waals surface area contributed by atoms with Crippen LogP contribution in [0.4, 0.5) is 26.1 Å². The molecule has 2 N–H and O–H groups in total. The number of likely N-dealkylation sites (tertiary alicyclic amines) is 1. The second-order valence-electron chi connectivity index (χ2n) is 9.35. The summed E-state index contributed by atoms with van der Waals surface area (Å²) in [6.45, 7) is 1.61. The molecule has 3 aromatic rings. The van der Waals surface area contributed by atoms with Crippen LogP contribution in [0.5, 0.6) is 5.88 Å². The number of aliphatic imine (C=N–C) groups is 1. The van der Waals surface area contributed by atoms with Gasteiger partial charge in [-0.2, -0.15) is 4.98 Å². The van der Waals surface area contributed by atoms with E-state index in [-0.39, 0.29) is 24.9 Å². The van der Waals surface area contributed by atoms with Crippen molar-refractivity contribution < 1.29 is 13.5 Å². The minimum Gasteiger partial charge on any atom is -0.479 e. The van der Waals surface area contributed by atoms with E-state index in [1.165, 1.54) is 0 Å². The van der Waals surface area contributed by atoms with Gasteiger partial charge in [-0.15, -0.1) is 5.10 Å². The molecule has 1 aliphatic carbocycles. The van der Waals surface area contributed by atoms with Crippen molar-refractivity contribution in [2.45, 2.75) is 43.7 Å². The Hall–Kier alpha value is -3.53. The van der Waals surface area contributed by atoms with Crippen LogP contribution in [0.2, 0.25) is 0 Å². The summed E-state index contributed by atoms with van der Waals surface area (Å²) in [4.78, 5) is 11.3. The summed E-state index contributed by atoms with van der Waals surface area (Å²) < 4.78 is 33.9. The van der Waals surface area contributed by atoms with E-state index in [2.05, 4.69) is 36.7 Å². The smallest absolute Gasteiger partial charge is 0.251 e. The minimum atomic E-state index is -2.48. The fourth-order valence-corrected chi connectivity index (χ4v) is 5.14. The number of hydrogen-bond donors (Lipinski definition) is 2. The lowest BCUT2D eigenvalue weighted by atomic mass is 9.85. The lowest BCUT2D eigenvalue weighted by Crippen LogP contribution is -2.54. The molecule has 8 nitrogen and oxygen atoms in total. The van der Waals surface area contributed by atoms with E-state index in [1.807, 2.05) is 36.7 Å². The zero-order valence-corrected chi connectivity index (χ0v) is 19.4. The maximum absolute atomic E-state index is 13.2. The second kappa shape index (κ2) is 8.60. The van der Waals surface area contributed by atoms with Gasteiger partial charge in [-0.3, -0.25) is 9.89 Å². The average Bonchev–Trinajstić information content (AvgIpc) is 3.12. The van der Waals surface area contributed by atoms with Crippen molar-refractivity contribution in [1.29, 1.82) is 0 Å². The molecule has 1 aromatic carbocycles. The molecule has 1 saturated carbocycles. The van der Waals surface area contributed by atoms with Crippen LogP contribution >= 0.6 is 0 Å². The molecule has 35 heavy (non-hydrogen) atoms. The van der Waals surface area contributed by atoms with Gasteiger partial charge in [0, 0.05) is 62.2 Å². The zero-order valence-electron chi connectivity index (χ0n) is 19.4. The van der Waals surface area contributed by atoms with E-state index in [1.54, 1.807) is 17.8 Å². The number of ether oxygens (including phenoxy) is 1. The number of alkyl halides is 2. The van der Waals surface area contributed by atoms with Crippen LogP contribution in [0.3, 0.4) is 0 Å². The molecule has 1 saturated heterocycles.